The van der Waals surface area contributed by atoms with E-state index in [1.165, 1.54) is 44.9 Å². The Morgan fingerprint density at radius 1 is 0.820 bits per heavy atom. The number of allylic oxidation sites excluding steroid dienone is 4. The second-order valence-electron chi connectivity index (χ2n) is 20.9. The highest BCUT2D eigenvalue weighted by Gasteiger charge is 2.75. The lowest BCUT2D eigenvalue weighted by atomic mass is 9.32. The molecule has 8 unspecified atom stereocenters. The van der Waals surface area contributed by atoms with Crippen molar-refractivity contribution in [2.45, 2.75) is 161 Å². The van der Waals surface area contributed by atoms with Crippen LogP contribution in [-0.2, 0) is 4.79 Å². The summed E-state index contributed by atoms with van der Waals surface area (Å²) >= 11 is 0. The second kappa shape index (κ2) is 11.4. The fourth-order valence-corrected chi connectivity index (χ4v) is 15.9. The molecule has 276 valence electrons. The first kappa shape index (κ1) is 34.1. The molecule has 0 aliphatic heterocycles. The minimum absolute atomic E-state index is 0.00980. The monoisotopic (exact) mass is 687 g/mol. The molecule has 0 radical (unpaired) electrons. The van der Waals surface area contributed by atoms with Crippen LogP contribution in [0.1, 0.15) is 143 Å². The standard InChI is InChI=1S/C44H66N2O4/c1-28(2)45-38(49)46(26-41-21-29-18-30(22-41)20-31(19-29)23-41)27-43(50)15-12-36-40(43,4)14-11-35-39(3)13-10-33(47)24-42(39)16-17-44(35,36)34(25-42)37(48)32-8-6-5-7-9-32/h16-17,25,28-33,35-36,47,50H,5-15,18-24,26-27H2,1-4H3,(H,45,49). The highest BCUT2D eigenvalue weighted by Crippen LogP contribution is 2.78. The van der Waals surface area contributed by atoms with Crippen LogP contribution in [0.3, 0.4) is 0 Å². The molecule has 6 nitrogen and oxygen atoms in total. The number of hydrogen-bond acceptors (Lipinski definition) is 4. The van der Waals surface area contributed by atoms with Crippen LogP contribution in [0.25, 0.3) is 0 Å². The van der Waals surface area contributed by atoms with Gasteiger partial charge in [0.15, 0.2) is 5.78 Å². The van der Waals surface area contributed by atoms with Gasteiger partial charge in [0.1, 0.15) is 0 Å². The van der Waals surface area contributed by atoms with Gasteiger partial charge in [0.25, 0.3) is 0 Å². The van der Waals surface area contributed by atoms with Crippen LogP contribution in [0.4, 0.5) is 4.79 Å². The number of ketones is 1. The first-order valence-electron chi connectivity index (χ1n) is 21.2. The van der Waals surface area contributed by atoms with E-state index in [1.807, 2.05) is 13.8 Å². The maximum absolute atomic E-state index is 14.9. The molecular formula is C44H66N2O4. The van der Waals surface area contributed by atoms with E-state index in [0.717, 1.165) is 87.7 Å². The van der Waals surface area contributed by atoms with Crippen molar-refractivity contribution in [2.75, 3.05) is 13.1 Å². The molecule has 0 saturated heterocycles. The largest absolute Gasteiger partial charge is 0.393 e. The number of carbonyl (C=O) groups excluding carboxylic acids is 2. The molecule has 3 N–H and O–H groups in total. The molecule has 11 aliphatic carbocycles. The quantitative estimate of drug-likeness (QED) is 0.235. The number of carbonyl (C=O) groups is 2. The summed E-state index contributed by atoms with van der Waals surface area (Å²) in [6.45, 7) is 10.1. The summed E-state index contributed by atoms with van der Waals surface area (Å²) in [7, 11) is 0. The molecule has 0 aromatic rings. The Labute approximate surface area is 301 Å². The number of amides is 2. The van der Waals surface area contributed by atoms with Crippen molar-refractivity contribution in [3.63, 3.8) is 0 Å². The van der Waals surface area contributed by atoms with Gasteiger partial charge in [-0.3, -0.25) is 4.79 Å². The van der Waals surface area contributed by atoms with Gasteiger partial charge in [0.2, 0.25) is 0 Å². The van der Waals surface area contributed by atoms with E-state index in [0.29, 0.717) is 31.1 Å². The molecule has 8 atom stereocenters. The van der Waals surface area contributed by atoms with Gasteiger partial charge in [0.05, 0.1) is 18.2 Å². The first-order valence-corrected chi connectivity index (χ1v) is 21.2. The number of hydrogen-bond donors (Lipinski definition) is 3. The molecule has 8 saturated carbocycles. The number of fused-ring (bicyclic) bond motifs is 1. The lowest BCUT2D eigenvalue weighted by Crippen LogP contribution is -2.68. The smallest absolute Gasteiger partial charge is 0.317 e. The summed E-state index contributed by atoms with van der Waals surface area (Å²) < 4.78 is 0. The molecule has 0 aromatic heterocycles. The van der Waals surface area contributed by atoms with Crippen LogP contribution < -0.4 is 5.32 Å². The fourth-order valence-electron chi connectivity index (χ4n) is 15.9. The molecular weight excluding hydrogens is 620 g/mol. The molecule has 2 spiro atoms. The number of nitrogens with zero attached hydrogens (tertiary/aromatic N) is 1. The Kier molecular flexibility index (Phi) is 7.80. The molecule has 11 aliphatic rings. The number of nitrogens with one attached hydrogen (secondary N) is 1. The molecule has 6 heteroatoms. The van der Waals surface area contributed by atoms with Crippen LogP contribution in [0.5, 0.6) is 0 Å². The molecule has 6 bridgehead atoms. The van der Waals surface area contributed by atoms with E-state index >= 15 is 0 Å². The predicted molar refractivity (Wildman–Crippen MR) is 196 cm³/mol. The highest BCUT2D eigenvalue weighted by molar-refractivity contribution is 6.00. The van der Waals surface area contributed by atoms with E-state index < -0.39 is 16.4 Å². The van der Waals surface area contributed by atoms with Gasteiger partial charge < -0.3 is 20.4 Å². The Bertz CT molecular complexity index is 1440. The Balaban J connectivity index is 1.08. The van der Waals surface area contributed by atoms with Gasteiger partial charge in [-0.25, -0.2) is 4.79 Å². The summed E-state index contributed by atoms with van der Waals surface area (Å²) in [5, 5.41) is 27.6. The van der Waals surface area contributed by atoms with Crippen LogP contribution in [0, 0.1) is 62.6 Å². The number of Topliss-reactive ketones (excluding diaryl/α,β-unsaturated/α-hetero) is 1. The van der Waals surface area contributed by atoms with Gasteiger partial charge in [0, 0.05) is 40.3 Å². The minimum atomic E-state index is -1.02. The zero-order valence-corrected chi connectivity index (χ0v) is 31.7. The molecule has 8 fully saturated rings. The summed E-state index contributed by atoms with van der Waals surface area (Å²) in [6.07, 6.45) is 26.3. The minimum Gasteiger partial charge on any atom is -0.393 e. The summed E-state index contributed by atoms with van der Waals surface area (Å²) in [5.41, 5.74) is -0.877. The molecule has 2 amide bonds. The summed E-state index contributed by atoms with van der Waals surface area (Å²) in [4.78, 5) is 31.2. The third-order valence-corrected chi connectivity index (χ3v) is 17.8. The van der Waals surface area contributed by atoms with Crippen molar-refractivity contribution in [1.82, 2.24) is 10.2 Å². The SMILES string of the molecule is CC(C)NC(=O)N(CC12CC3CC(CC(C3)C1)C2)CC1(O)CCC2C34C=CC5(C=C3C(=O)C3CCCCC3)CC(O)CCC5(C)C4CCC21C. The van der Waals surface area contributed by atoms with Crippen molar-refractivity contribution in [2.24, 2.45) is 62.6 Å². The van der Waals surface area contributed by atoms with Crippen LogP contribution in [0.2, 0.25) is 0 Å². The lowest BCUT2D eigenvalue weighted by Gasteiger charge is -2.71. The highest BCUT2D eigenvalue weighted by atomic mass is 16.3. The second-order valence-corrected chi connectivity index (χ2v) is 20.9. The number of aliphatic hydroxyl groups excluding tert-OH is 1. The fraction of sp³-hybridized carbons (Fsp3) is 0.864. The van der Waals surface area contributed by atoms with Gasteiger partial charge in [-0.05, 0) is 151 Å². The van der Waals surface area contributed by atoms with Crippen molar-refractivity contribution in [3.05, 3.63) is 23.8 Å². The van der Waals surface area contributed by atoms with Crippen molar-refractivity contribution < 1.29 is 19.8 Å². The van der Waals surface area contributed by atoms with Gasteiger partial charge >= 0.3 is 6.03 Å². The maximum Gasteiger partial charge on any atom is 0.317 e. The number of aliphatic hydroxyl groups is 2. The molecule has 50 heavy (non-hydrogen) atoms. The summed E-state index contributed by atoms with van der Waals surface area (Å²) in [5.74, 6) is 3.38. The average molecular weight is 687 g/mol. The molecule has 0 aromatic carbocycles. The Morgan fingerprint density at radius 2 is 1.44 bits per heavy atom. The number of urea groups is 1. The molecule has 11 rings (SSSR count). The van der Waals surface area contributed by atoms with Crippen molar-refractivity contribution in [1.29, 1.82) is 0 Å². The predicted octanol–water partition coefficient (Wildman–Crippen LogP) is 8.36. The van der Waals surface area contributed by atoms with Crippen molar-refractivity contribution >= 4 is 11.8 Å². The maximum atomic E-state index is 14.9. The third-order valence-electron chi connectivity index (χ3n) is 17.8. The van der Waals surface area contributed by atoms with Crippen LogP contribution >= 0.6 is 0 Å². The zero-order valence-electron chi connectivity index (χ0n) is 31.7. The van der Waals surface area contributed by atoms with E-state index in [4.69, 9.17) is 0 Å². The van der Waals surface area contributed by atoms with E-state index in [2.05, 4.69) is 42.3 Å². The van der Waals surface area contributed by atoms with Gasteiger partial charge in [-0.2, -0.15) is 0 Å². The molecule has 0 heterocycles. The first-order chi connectivity index (χ1) is 23.7. The zero-order chi connectivity index (χ0) is 34.9. The van der Waals surface area contributed by atoms with Gasteiger partial charge in [-0.15, -0.1) is 0 Å². The van der Waals surface area contributed by atoms with E-state index in [1.54, 1.807) is 0 Å². The number of rotatable bonds is 7. The van der Waals surface area contributed by atoms with Gasteiger partial charge in [-0.1, -0.05) is 51.3 Å². The Morgan fingerprint density at radius 3 is 2.10 bits per heavy atom. The normalized spacial score (nSPS) is 50.1. The topological polar surface area (TPSA) is 89.9 Å². The Hall–Kier alpha value is -1.66. The third kappa shape index (κ3) is 4.70. The van der Waals surface area contributed by atoms with Crippen LogP contribution in [0.15, 0.2) is 23.8 Å². The van der Waals surface area contributed by atoms with Crippen molar-refractivity contribution in [3.8, 4) is 0 Å². The average Bonchev–Trinajstić information content (AvgIpc) is 3.33. The lowest BCUT2D eigenvalue weighted by molar-refractivity contribution is -0.179. The summed E-state index contributed by atoms with van der Waals surface area (Å²) in [6, 6.07) is 0.0322. The van der Waals surface area contributed by atoms with E-state index in [-0.39, 0.29) is 46.3 Å². The van der Waals surface area contributed by atoms with E-state index in [9.17, 15) is 19.8 Å². The van der Waals surface area contributed by atoms with Crippen LogP contribution in [-0.4, -0.2) is 57.8 Å².